The predicted octanol–water partition coefficient (Wildman–Crippen LogP) is 1.59. The molecule has 1 aromatic carbocycles. The van der Waals surface area contributed by atoms with E-state index in [1.54, 1.807) is 0 Å². The number of fused-ring (bicyclic) bond motifs is 3. The fourth-order valence-electron chi connectivity index (χ4n) is 2.82. The highest BCUT2D eigenvalue weighted by molar-refractivity contribution is 9.10. The van der Waals surface area contributed by atoms with Crippen LogP contribution in [0.15, 0.2) is 22.7 Å². The molecule has 1 amide bonds. The second-order valence-electron chi connectivity index (χ2n) is 4.60. The van der Waals surface area contributed by atoms with Gasteiger partial charge in [-0.05, 0) is 35.0 Å². The topological polar surface area (TPSA) is 35.6 Å². The number of para-hydroxylation sites is 1. The standard InChI is InChI=1S/C13H16BrN3O/c1-2-16-10-5-3-4-9(14)12(10)17-7-6-15-8-11(17)13(16)18/h3-5,11,15H,2,6-8H2,1H3. The number of hydrogen-bond donors (Lipinski definition) is 1. The molecule has 4 nitrogen and oxygen atoms in total. The highest BCUT2D eigenvalue weighted by atomic mass is 79.9. The molecule has 3 rings (SSSR count). The van der Waals surface area contributed by atoms with Crippen molar-refractivity contribution in [3.8, 4) is 0 Å². The Labute approximate surface area is 115 Å². The summed E-state index contributed by atoms with van der Waals surface area (Å²) in [7, 11) is 0. The van der Waals surface area contributed by atoms with Crippen LogP contribution < -0.4 is 15.1 Å². The van der Waals surface area contributed by atoms with E-state index in [-0.39, 0.29) is 11.9 Å². The van der Waals surface area contributed by atoms with Crippen molar-refractivity contribution in [2.75, 3.05) is 36.0 Å². The molecule has 2 aliphatic rings. The summed E-state index contributed by atoms with van der Waals surface area (Å²) in [4.78, 5) is 16.6. The van der Waals surface area contributed by atoms with Crippen molar-refractivity contribution in [1.82, 2.24) is 5.32 Å². The Balaban J connectivity index is 2.16. The first-order valence-electron chi connectivity index (χ1n) is 6.31. The molecule has 0 aromatic heterocycles. The third-order valence-corrected chi connectivity index (χ3v) is 4.29. The molecule has 1 saturated heterocycles. The van der Waals surface area contributed by atoms with Gasteiger partial charge in [-0.25, -0.2) is 0 Å². The minimum absolute atomic E-state index is 0.0649. The van der Waals surface area contributed by atoms with Crippen LogP contribution in [0.25, 0.3) is 0 Å². The van der Waals surface area contributed by atoms with Gasteiger partial charge in [0, 0.05) is 30.7 Å². The van der Waals surface area contributed by atoms with Crippen molar-refractivity contribution in [3.63, 3.8) is 0 Å². The maximum absolute atomic E-state index is 12.5. The Bertz CT molecular complexity index is 491. The van der Waals surface area contributed by atoms with Gasteiger partial charge in [-0.3, -0.25) is 4.79 Å². The highest BCUT2D eigenvalue weighted by Crippen LogP contribution is 2.41. The van der Waals surface area contributed by atoms with Gasteiger partial charge in [0.25, 0.3) is 5.91 Å². The number of rotatable bonds is 1. The number of halogens is 1. The molecule has 0 aliphatic carbocycles. The fourth-order valence-corrected chi connectivity index (χ4v) is 3.41. The van der Waals surface area contributed by atoms with E-state index in [1.165, 1.54) is 0 Å². The second-order valence-corrected chi connectivity index (χ2v) is 5.46. The van der Waals surface area contributed by atoms with Gasteiger partial charge < -0.3 is 15.1 Å². The summed E-state index contributed by atoms with van der Waals surface area (Å²) < 4.78 is 1.07. The largest absolute Gasteiger partial charge is 0.355 e. The summed E-state index contributed by atoms with van der Waals surface area (Å²) in [5.41, 5.74) is 2.18. The minimum atomic E-state index is -0.0649. The second kappa shape index (κ2) is 4.55. The number of benzene rings is 1. The van der Waals surface area contributed by atoms with E-state index < -0.39 is 0 Å². The third-order valence-electron chi connectivity index (χ3n) is 3.65. The molecule has 1 unspecified atom stereocenters. The molecule has 1 N–H and O–H groups in total. The number of amides is 1. The van der Waals surface area contributed by atoms with Gasteiger partial charge in [-0.1, -0.05) is 6.07 Å². The quantitative estimate of drug-likeness (QED) is 0.856. The van der Waals surface area contributed by atoms with Gasteiger partial charge in [-0.15, -0.1) is 0 Å². The molecule has 5 heteroatoms. The first kappa shape index (κ1) is 12.0. The van der Waals surface area contributed by atoms with Crippen LogP contribution in [0.2, 0.25) is 0 Å². The van der Waals surface area contributed by atoms with Gasteiger partial charge >= 0.3 is 0 Å². The summed E-state index contributed by atoms with van der Waals surface area (Å²) in [5.74, 6) is 0.204. The van der Waals surface area contributed by atoms with E-state index >= 15 is 0 Å². The molecular formula is C13H16BrN3O. The summed E-state index contributed by atoms with van der Waals surface area (Å²) in [6.45, 7) is 5.28. The maximum Gasteiger partial charge on any atom is 0.251 e. The first-order valence-corrected chi connectivity index (χ1v) is 7.10. The number of anilines is 2. The summed E-state index contributed by atoms with van der Waals surface area (Å²) in [6.07, 6.45) is 0. The van der Waals surface area contributed by atoms with Crippen LogP contribution in [0.4, 0.5) is 11.4 Å². The molecule has 0 bridgehead atoms. The van der Waals surface area contributed by atoms with Crippen LogP contribution in [0.5, 0.6) is 0 Å². The van der Waals surface area contributed by atoms with E-state index in [0.29, 0.717) is 6.54 Å². The van der Waals surface area contributed by atoms with Crippen LogP contribution in [0, 0.1) is 0 Å². The highest BCUT2D eigenvalue weighted by Gasteiger charge is 2.39. The van der Waals surface area contributed by atoms with Gasteiger partial charge in [0.1, 0.15) is 6.04 Å². The molecule has 1 atom stereocenters. The SMILES string of the molecule is CCN1C(=O)C2CNCCN2c2c(Br)cccc21. The molecule has 2 heterocycles. The number of hydrogen-bond acceptors (Lipinski definition) is 3. The summed E-state index contributed by atoms with van der Waals surface area (Å²) in [5, 5.41) is 3.30. The normalized spacial score (nSPS) is 22.8. The average Bonchev–Trinajstić information content (AvgIpc) is 2.39. The van der Waals surface area contributed by atoms with Gasteiger partial charge in [0.2, 0.25) is 0 Å². The van der Waals surface area contributed by atoms with Crippen molar-refractivity contribution >= 4 is 33.2 Å². The van der Waals surface area contributed by atoms with Crippen LogP contribution in [0.1, 0.15) is 6.92 Å². The van der Waals surface area contributed by atoms with Crippen molar-refractivity contribution in [3.05, 3.63) is 22.7 Å². The van der Waals surface area contributed by atoms with E-state index in [0.717, 1.165) is 35.5 Å². The Morgan fingerprint density at radius 1 is 1.50 bits per heavy atom. The molecule has 0 radical (unpaired) electrons. The number of carbonyl (C=O) groups is 1. The minimum Gasteiger partial charge on any atom is -0.355 e. The van der Waals surface area contributed by atoms with Crippen LogP contribution >= 0.6 is 15.9 Å². The number of nitrogens with one attached hydrogen (secondary N) is 1. The van der Waals surface area contributed by atoms with E-state index in [9.17, 15) is 4.79 Å². The van der Waals surface area contributed by atoms with Crippen LogP contribution in [-0.4, -0.2) is 38.1 Å². The molecule has 1 aromatic rings. The number of likely N-dealkylation sites (N-methyl/N-ethyl adjacent to an activating group) is 1. The van der Waals surface area contributed by atoms with Crippen LogP contribution in [0.3, 0.4) is 0 Å². The summed E-state index contributed by atoms with van der Waals surface area (Å²) >= 11 is 3.62. The van der Waals surface area contributed by atoms with Crippen molar-refractivity contribution in [2.45, 2.75) is 13.0 Å². The lowest BCUT2D eigenvalue weighted by Gasteiger charge is -2.45. The fraction of sp³-hybridized carbons (Fsp3) is 0.462. The van der Waals surface area contributed by atoms with E-state index in [4.69, 9.17) is 0 Å². The summed E-state index contributed by atoms with van der Waals surface area (Å²) in [6, 6.07) is 5.99. The molecular weight excluding hydrogens is 294 g/mol. The zero-order valence-corrected chi connectivity index (χ0v) is 11.9. The van der Waals surface area contributed by atoms with E-state index in [2.05, 4.69) is 26.1 Å². The third kappa shape index (κ3) is 1.65. The molecule has 2 aliphatic heterocycles. The molecule has 96 valence electrons. The zero-order chi connectivity index (χ0) is 12.7. The van der Waals surface area contributed by atoms with Crippen LogP contribution in [-0.2, 0) is 4.79 Å². The van der Waals surface area contributed by atoms with Crippen molar-refractivity contribution in [1.29, 1.82) is 0 Å². The van der Waals surface area contributed by atoms with Crippen molar-refractivity contribution in [2.24, 2.45) is 0 Å². The van der Waals surface area contributed by atoms with Crippen molar-refractivity contribution < 1.29 is 4.79 Å². The lowest BCUT2D eigenvalue weighted by atomic mass is 10.0. The molecule has 0 spiro atoms. The monoisotopic (exact) mass is 309 g/mol. The number of nitrogens with zero attached hydrogens (tertiary/aromatic N) is 2. The smallest absolute Gasteiger partial charge is 0.251 e. The maximum atomic E-state index is 12.5. The first-order chi connectivity index (χ1) is 8.74. The van der Waals surface area contributed by atoms with Gasteiger partial charge in [-0.2, -0.15) is 0 Å². The van der Waals surface area contributed by atoms with Gasteiger partial charge in [0.15, 0.2) is 0 Å². The van der Waals surface area contributed by atoms with Gasteiger partial charge in [0.05, 0.1) is 11.4 Å². The average molecular weight is 310 g/mol. The lowest BCUT2D eigenvalue weighted by Crippen LogP contribution is -2.62. The van der Waals surface area contributed by atoms with E-state index in [1.807, 2.05) is 30.0 Å². The number of piperazine rings is 1. The Kier molecular flexibility index (Phi) is 3.03. The number of carbonyl (C=O) groups excluding carboxylic acids is 1. The predicted molar refractivity (Wildman–Crippen MR) is 76.2 cm³/mol. The molecule has 0 saturated carbocycles. The zero-order valence-electron chi connectivity index (χ0n) is 10.3. The molecule has 1 fully saturated rings. The molecule has 18 heavy (non-hydrogen) atoms. The lowest BCUT2D eigenvalue weighted by molar-refractivity contribution is -0.120. The Hall–Kier alpha value is -1.07. The Morgan fingerprint density at radius 3 is 3.11 bits per heavy atom. The Morgan fingerprint density at radius 2 is 2.33 bits per heavy atom.